The smallest absolute Gasteiger partial charge is 0.306 e. The lowest BCUT2D eigenvalue weighted by molar-refractivity contribution is -0.143. The summed E-state index contributed by atoms with van der Waals surface area (Å²) in [4.78, 5) is 11.3. The first-order chi connectivity index (χ1) is 8.20. The largest absolute Gasteiger partial charge is 0.461 e. The second kappa shape index (κ2) is 11.7. The lowest BCUT2D eigenvalue weighted by atomic mass is 9.99. The Morgan fingerprint density at radius 2 is 1.88 bits per heavy atom. The molecule has 0 bridgehead atoms. The summed E-state index contributed by atoms with van der Waals surface area (Å²) in [5, 5.41) is 0. The minimum atomic E-state index is -0.0941. The van der Waals surface area contributed by atoms with E-state index in [1.54, 1.807) is 6.08 Å². The van der Waals surface area contributed by atoms with E-state index in [4.69, 9.17) is 4.74 Å². The zero-order valence-corrected chi connectivity index (χ0v) is 11.5. The molecular formula is C15H28O2. The van der Waals surface area contributed by atoms with Crippen LogP contribution < -0.4 is 0 Å². The maximum Gasteiger partial charge on any atom is 0.306 e. The van der Waals surface area contributed by atoms with Gasteiger partial charge in [-0.2, -0.15) is 0 Å². The fourth-order valence-corrected chi connectivity index (χ4v) is 1.87. The second-order valence-electron chi connectivity index (χ2n) is 4.84. The van der Waals surface area contributed by atoms with E-state index in [9.17, 15) is 4.79 Å². The summed E-state index contributed by atoms with van der Waals surface area (Å²) in [6.07, 6.45) is 11.2. The molecule has 0 radical (unpaired) electrons. The normalized spacial score (nSPS) is 12.1. The molecule has 0 aliphatic rings. The first-order valence-electron chi connectivity index (χ1n) is 6.97. The molecule has 0 aromatic heterocycles. The SMILES string of the molecule is C=CCOC(=O)CC(C)CCCCCCCC. The Kier molecular flexibility index (Phi) is 11.1. The molecule has 17 heavy (non-hydrogen) atoms. The van der Waals surface area contributed by atoms with Crippen LogP contribution in [0.15, 0.2) is 12.7 Å². The number of carbonyl (C=O) groups excluding carboxylic acids is 1. The van der Waals surface area contributed by atoms with Crippen LogP contribution in [0.3, 0.4) is 0 Å². The van der Waals surface area contributed by atoms with Gasteiger partial charge in [0.25, 0.3) is 0 Å². The molecule has 1 atom stereocenters. The molecule has 0 rings (SSSR count). The summed E-state index contributed by atoms with van der Waals surface area (Å²) in [6, 6.07) is 0. The molecule has 0 aromatic carbocycles. The number of rotatable bonds is 11. The van der Waals surface area contributed by atoms with Gasteiger partial charge in [-0.1, -0.05) is 71.4 Å². The number of esters is 1. The summed E-state index contributed by atoms with van der Waals surface area (Å²) in [5.74, 6) is 0.349. The zero-order valence-electron chi connectivity index (χ0n) is 11.5. The molecule has 100 valence electrons. The van der Waals surface area contributed by atoms with Crippen molar-refractivity contribution in [2.75, 3.05) is 6.61 Å². The van der Waals surface area contributed by atoms with Gasteiger partial charge in [0, 0.05) is 6.42 Å². The minimum Gasteiger partial charge on any atom is -0.461 e. The first kappa shape index (κ1) is 16.2. The van der Waals surface area contributed by atoms with Crippen LogP contribution in [0.25, 0.3) is 0 Å². The maximum atomic E-state index is 11.3. The van der Waals surface area contributed by atoms with Gasteiger partial charge in [0.2, 0.25) is 0 Å². The summed E-state index contributed by atoms with van der Waals surface area (Å²) in [5.41, 5.74) is 0. The van der Waals surface area contributed by atoms with Crippen molar-refractivity contribution in [3.05, 3.63) is 12.7 Å². The molecular weight excluding hydrogens is 212 g/mol. The molecule has 2 nitrogen and oxygen atoms in total. The molecule has 0 aliphatic heterocycles. The molecule has 0 fully saturated rings. The minimum absolute atomic E-state index is 0.0941. The number of carbonyl (C=O) groups is 1. The number of hydrogen-bond acceptors (Lipinski definition) is 2. The summed E-state index contributed by atoms with van der Waals surface area (Å²) >= 11 is 0. The quantitative estimate of drug-likeness (QED) is 0.302. The highest BCUT2D eigenvalue weighted by Gasteiger charge is 2.09. The third kappa shape index (κ3) is 11.5. The van der Waals surface area contributed by atoms with Crippen LogP contribution in [-0.2, 0) is 9.53 Å². The molecule has 0 aliphatic carbocycles. The van der Waals surface area contributed by atoms with E-state index in [0.717, 1.165) is 6.42 Å². The average molecular weight is 240 g/mol. The molecule has 0 saturated carbocycles. The van der Waals surface area contributed by atoms with Gasteiger partial charge in [0.05, 0.1) is 0 Å². The lowest BCUT2D eigenvalue weighted by Crippen LogP contribution is -2.09. The van der Waals surface area contributed by atoms with Gasteiger partial charge in [-0.3, -0.25) is 4.79 Å². The summed E-state index contributed by atoms with van der Waals surface area (Å²) < 4.78 is 4.96. The summed E-state index contributed by atoms with van der Waals surface area (Å²) in [7, 11) is 0. The van der Waals surface area contributed by atoms with Gasteiger partial charge in [0.15, 0.2) is 0 Å². The first-order valence-corrected chi connectivity index (χ1v) is 6.97. The number of ether oxygens (including phenoxy) is 1. The van der Waals surface area contributed by atoms with Crippen molar-refractivity contribution in [1.82, 2.24) is 0 Å². The number of unbranched alkanes of at least 4 members (excludes halogenated alkanes) is 5. The van der Waals surface area contributed by atoms with Gasteiger partial charge in [-0.15, -0.1) is 0 Å². The Bertz CT molecular complexity index is 199. The van der Waals surface area contributed by atoms with Crippen molar-refractivity contribution in [3.63, 3.8) is 0 Å². The van der Waals surface area contributed by atoms with Crippen molar-refractivity contribution in [1.29, 1.82) is 0 Å². The maximum absolute atomic E-state index is 11.3. The van der Waals surface area contributed by atoms with Crippen molar-refractivity contribution in [2.24, 2.45) is 5.92 Å². The van der Waals surface area contributed by atoms with Crippen LogP contribution in [0.2, 0.25) is 0 Å². The van der Waals surface area contributed by atoms with Crippen LogP contribution in [0.4, 0.5) is 0 Å². The van der Waals surface area contributed by atoms with Gasteiger partial charge < -0.3 is 4.74 Å². The van der Waals surface area contributed by atoms with E-state index in [2.05, 4.69) is 20.4 Å². The molecule has 0 saturated heterocycles. The van der Waals surface area contributed by atoms with Crippen molar-refractivity contribution in [3.8, 4) is 0 Å². The predicted molar refractivity (Wildman–Crippen MR) is 72.9 cm³/mol. The molecule has 0 heterocycles. The van der Waals surface area contributed by atoms with Gasteiger partial charge in [0.1, 0.15) is 6.61 Å². The highest BCUT2D eigenvalue weighted by molar-refractivity contribution is 5.69. The fourth-order valence-electron chi connectivity index (χ4n) is 1.87. The monoisotopic (exact) mass is 240 g/mol. The average Bonchev–Trinajstić information content (AvgIpc) is 2.31. The van der Waals surface area contributed by atoms with E-state index < -0.39 is 0 Å². The van der Waals surface area contributed by atoms with Crippen LogP contribution >= 0.6 is 0 Å². The topological polar surface area (TPSA) is 26.3 Å². The Morgan fingerprint density at radius 1 is 1.24 bits per heavy atom. The van der Waals surface area contributed by atoms with E-state index in [1.807, 2.05) is 0 Å². The highest BCUT2D eigenvalue weighted by Crippen LogP contribution is 2.15. The third-order valence-electron chi connectivity index (χ3n) is 2.93. The standard InChI is InChI=1S/C15H28O2/c1-4-6-7-8-9-10-11-14(3)13-15(16)17-12-5-2/h5,14H,2,4,6-13H2,1,3H3. The second-order valence-corrected chi connectivity index (χ2v) is 4.84. The molecule has 0 amide bonds. The van der Waals surface area contributed by atoms with Gasteiger partial charge >= 0.3 is 5.97 Å². The Balaban J connectivity index is 3.36. The van der Waals surface area contributed by atoms with Crippen LogP contribution in [0.1, 0.15) is 65.2 Å². The van der Waals surface area contributed by atoms with E-state index >= 15 is 0 Å². The molecule has 0 aromatic rings. The van der Waals surface area contributed by atoms with Gasteiger partial charge in [-0.05, 0) is 5.92 Å². The Morgan fingerprint density at radius 3 is 2.53 bits per heavy atom. The number of hydrogen-bond donors (Lipinski definition) is 0. The van der Waals surface area contributed by atoms with Crippen molar-refractivity contribution >= 4 is 5.97 Å². The Hall–Kier alpha value is -0.790. The lowest BCUT2D eigenvalue weighted by Gasteiger charge is -2.10. The molecule has 2 heteroatoms. The molecule has 0 spiro atoms. The van der Waals surface area contributed by atoms with Crippen LogP contribution in [0.5, 0.6) is 0 Å². The third-order valence-corrected chi connectivity index (χ3v) is 2.93. The van der Waals surface area contributed by atoms with E-state index in [0.29, 0.717) is 18.9 Å². The van der Waals surface area contributed by atoms with Crippen molar-refractivity contribution < 1.29 is 9.53 Å². The fraction of sp³-hybridized carbons (Fsp3) is 0.800. The zero-order chi connectivity index (χ0) is 12.9. The van der Waals surface area contributed by atoms with Crippen LogP contribution in [-0.4, -0.2) is 12.6 Å². The van der Waals surface area contributed by atoms with Gasteiger partial charge in [-0.25, -0.2) is 0 Å². The summed E-state index contributed by atoms with van der Waals surface area (Å²) in [6.45, 7) is 8.21. The van der Waals surface area contributed by atoms with Crippen molar-refractivity contribution in [2.45, 2.75) is 65.2 Å². The predicted octanol–water partition coefficient (Wildman–Crippen LogP) is 4.49. The highest BCUT2D eigenvalue weighted by atomic mass is 16.5. The van der Waals surface area contributed by atoms with Crippen LogP contribution in [0, 0.1) is 5.92 Å². The Labute approximate surface area is 106 Å². The molecule has 1 unspecified atom stereocenters. The van der Waals surface area contributed by atoms with E-state index in [-0.39, 0.29) is 5.97 Å². The van der Waals surface area contributed by atoms with E-state index in [1.165, 1.54) is 38.5 Å². The molecule has 0 N–H and O–H groups in total.